The van der Waals surface area contributed by atoms with Crippen molar-refractivity contribution in [2.24, 2.45) is 0 Å². The molecule has 1 heterocycles. The van der Waals surface area contributed by atoms with Gasteiger partial charge in [-0.2, -0.15) is 0 Å². The molecule has 0 aliphatic carbocycles. The molecule has 1 unspecified atom stereocenters. The van der Waals surface area contributed by atoms with Gasteiger partial charge in [0.2, 0.25) is 0 Å². The number of aryl methyl sites for hydroxylation is 1. The molecule has 1 N–H and O–H groups in total. The zero-order chi connectivity index (χ0) is 23.9. The van der Waals surface area contributed by atoms with Gasteiger partial charge in [0, 0.05) is 11.8 Å². The summed E-state index contributed by atoms with van der Waals surface area (Å²) in [7, 11) is 1.31. The normalized spacial score (nSPS) is 17.5. The number of Topliss-reactive ketones (excluding diaryl/α,β-unsaturated/α-hetero) is 1. The Kier molecular flexibility index (Phi) is 5.68. The smallest absolute Gasteiger partial charge is 0.300 e. The Hall–Kier alpha value is -4.07. The average Bonchev–Trinajstić information content (AvgIpc) is 3.06. The van der Waals surface area contributed by atoms with Gasteiger partial charge >= 0.3 is 0 Å². The minimum absolute atomic E-state index is 0.0745. The van der Waals surface area contributed by atoms with Gasteiger partial charge in [-0.1, -0.05) is 24.3 Å². The zero-order valence-corrected chi connectivity index (χ0v) is 17.6. The van der Waals surface area contributed by atoms with Crippen molar-refractivity contribution in [2.45, 2.75) is 13.0 Å². The number of amides is 1. The number of halogens is 3. The summed E-state index contributed by atoms with van der Waals surface area (Å²) < 4.78 is 46.7. The molecule has 1 amide bonds. The predicted molar refractivity (Wildman–Crippen MR) is 115 cm³/mol. The lowest BCUT2D eigenvalue weighted by Crippen LogP contribution is -2.30. The molecular formula is C25H18F3NO4. The number of ketones is 1. The van der Waals surface area contributed by atoms with Crippen LogP contribution in [0.3, 0.4) is 0 Å². The molecule has 3 aromatic carbocycles. The van der Waals surface area contributed by atoms with Crippen LogP contribution in [0.5, 0.6) is 5.75 Å². The van der Waals surface area contributed by atoms with Crippen molar-refractivity contribution in [3.8, 4) is 5.75 Å². The maximum absolute atomic E-state index is 14.0. The van der Waals surface area contributed by atoms with E-state index in [9.17, 15) is 27.9 Å². The highest BCUT2D eigenvalue weighted by molar-refractivity contribution is 6.51. The Morgan fingerprint density at radius 1 is 0.970 bits per heavy atom. The van der Waals surface area contributed by atoms with Gasteiger partial charge in [-0.15, -0.1) is 0 Å². The molecule has 1 aliphatic heterocycles. The van der Waals surface area contributed by atoms with Crippen LogP contribution in [0.1, 0.15) is 22.7 Å². The lowest BCUT2D eigenvalue weighted by atomic mass is 9.92. The molecule has 33 heavy (non-hydrogen) atoms. The van der Waals surface area contributed by atoms with Crippen molar-refractivity contribution in [3.05, 3.63) is 100 Å². The molecule has 5 nitrogen and oxygen atoms in total. The van der Waals surface area contributed by atoms with E-state index in [1.54, 1.807) is 31.2 Å². The van der Waals surface area contributed by atoms with Crippen molar-refractivity contribution < 1.29 is 32.6 Å². The van der Waals surface area contributed by atoms with E-state index in [1.165, 1.54) is 13.2 Å². The lowest BCUT2D eigenvalue weighted by Gasteiger charge is -2.26. The Labute approximate surface area is 187 Å². The summed E-state index contributed by atoms with van der Waals surface area (Å²) in [4.78, 5) is 27.2. The number of ether oxygens (including phenoxy) is 1. The number of rotatable bonds is 4. The highest BCUT2D eigenvalue weighted by atomic mass is 19.2. The third kappa shape index (κ3) is 3.73. The fourth-order valence-corrected chi connectivity index (χ4v) is 3.93. The number of carbonyl (C=O) groups excluding carboxylic acids is 2. The summed E-state index contributed by atoms with van der Waals surface area (Å²) in [6, 6.07) is 11.8. The molecule has 0 saturated carbocycles. The van der Waals surface area contributed by atoms with Crippen molar-refractivity contribution in [1.82, 2.24) is 0 Å². The fourth-order valence-electron chi connectivity index (χ4n) is 3.93. The van der Waals surface area contributed by atoms with Crippen molar-refractivity contribution in [1.29, 1.82) is 0 Å². The van der Waals surface area contributed by atoms with E-state index >= 15 is 0 Å². The van der Waals surface area contributed by atoms with E-state index in [0.29, 0.717) is 11.1 Å². The topological polar surface area (TPSA) is 66.8 Å². The number of aliphatic hydroxyl groups is 1. The minimum Gasteiger partial charge on any atom is -0.507 e. The number of aliphatic hydroxyl groups excluding tert-OH is 1. The first-order valence-corrected chi connectivity index (χ1v) is 9.90. The third-order valence-electron chi connectivity index (χ3n) is 5.53. The molecule has 4 rings (SSSR count). The summed E-state index contributed by atoms with van der Waals surface area (Å²) in [5, 5.41) is 11.1. The number of carbonyl (C=O) groups is 2. The Morgan fingerprint density at radius 3 is 2.36 bits per heavy atom. The summed E-state index contributed by atoms with van der Waals surface area (Å²) >= 11 is 0. The summed E-state index contributed by atoms with van der Waals surface area (Å²) in [5.74, 6) is -5.70. The Bertz CT molecular complexity index is 1320. The number of nitrogens with zero attached hydrogens (tertiary/aromatic N) is 1. The highest BCUT2D eigenvalue weighted by Gasteiger charge is 2.47. The fraction of sp³-hybridized carbons (Fsp3) is 0.120. The van der Waals surface area contributed by atoms with Gasteiger partial charge in [0.1, 0.15) is 17.3 Å². The second kappa shape index (κ2) is 8.46. The van der Waals surface area contributed by atoms with Gasteiger partial charge in [0.15, 0.2) is 11.6 Å². The van der Waals surface area contributed by atoms with E-state index < -0.39 is 40.9 Å². The van der Waals surface area contributed by atoms with E-state index in [2.05, 4.69) is 0 Å². The number of hydrogen-bond donors (Lipinski definition) is 1. The van der Waals surface area contributed by atoms with Crippen LogP contribution in [0.4, 0.5) is 18.9 Å². The van der Waals surface area contributed by atoms with Crippen LogP contribution in [0, 0.1) is 24.4 Å². The van der Waals surface area contributed by atoms with Crippen molar-refractivity contribution >= 4 is 23.1 Å². The molecule has 3 aromatic rings. The molecule has 0 bridgehead atoms. The summed E-state index contributed by atoms with van der Waals surface area (Å²) in [6.07, 6.45) is 0. The molecule has 0 radical (unpaired) electrons. The standard InChI is InChI=1S/C25H18F3NO4/c1-13-5-3-4-6-16(13)22-21(23(30)17-11-14(26)7-10-20(17)33-2)24(31)25(32)29(22)15-8-9-18(27)19(28)12-15/h3-12,22,30H,1-2H3/b23-21+. The molecular weight excluding hydrogens is 435 g/mol. The zero-order valence-electron chi connectivity index (χ0n) is 17.6. The molecule has 168 valence electrons. The molecule has 0 aromatic heterocycles. The molecule has 1 atom stereocenters. The monoisotopic (exact) mass is 453 g/mol. The maximum Gasteiger partial charge on any atom is 0.300 e. The Morgan fingerprint density at radius 2 is 1.70 bits per heavy atom. The number of methoxy groups -OCH3 is 1. The minimum atomic E-state index is -1.20. The van der Waals surface area contributed by atoms with Gasteiger partial charge in [-0.05, 0) is 48.4 Å². The van der Waals surface area contributed by atoms with E-state index in [0.717, 1.165) is 35.2 Å². The number of hydrogen-bond acceptors (Lipinski definition) is 4. The van der Waals surface area contributed by atoms with Gasteiger partial charge < -0.3 is 9.84 Å². The van der Waals surface area contributed by atoms with Crippen molar-refractivity contribution in [2.75, 3.05) is 12.0 Å². The SMILES string of the molecule is COc1ccc(F)cc1/C(O)=C1\C(=O)C(=O)N(c2ccc(F)c(F)c2)C1c1ccccc1C. The molecule has 1 fully saturated rings. The maximum atomic E-state index is 14.0. The number of benzene rings is 3. The first kappa shape index (κ1) is 22.1. The molecule has 1 aliphatic rings. The van der Waals surface area contributed by atoms with E-state index in [4.69, 9.17) is 4.74 Å². The van der Waals surface area contributed by atoms with Crippen LogP contribution in [0.25, 0.3) is 5.76 Å². The van der Waals surface area contributed by atoms with Crippen LogP contribution in [-0.2, 0) is 9.59 Å². The van der Waals surface area contributed by atoms with Gasteiger partial charge in [0.05, 0.1) is 24.3 Å². The summed E-state index contributed by atoms with van der Waals surface area (Å²) in [6.45, 7) is 1.74. The third-order valence-corrected chi connectivity index (χ3v) is 5.53. The first-order chi connectivity index (χ1) is 15.7. The predicted octanol–water partition coefficient (Wildman–Crippen LogP) is 5.05. The molecule has 8 heteroatoms. The van der Waals surface area contributed by atoms with Crippen LogP contribution >= 0.6 is 0 Å². The molecule has 0 spiro atoms. The van der Waals surface area contributed by atoms with Gasteiger partial charge in [-0.3, -0.25) is 14.5 Å². The van der Waals surface area contributed by atoms with Gasteiger partial charge in [0.25, 0.3) is 11.7 Å². The quantitative estimate of drug-likeness (QED) is 0.341. The first-order valence-electron chi connectivity index (χ1n) is 9.90. The molecule has 1 saturated heterocycles. The van der Waals surface area contributed by atoms with Crippen LogP contribution in [0.15, 0.2) is 66.2 Å². The van der Waals surface area contributed by atoms with Crippen LogP contribution in [0.2, 0.25) is 0 Å². The lowest BCUT2D eigenvalue weighted by molar-refractivity contribution is -0.132. The van der Waals surface area contributed by atoms with E-state index in [-0.39, 0.29) is 22.6 Å². The largest absolute Gasteiger partial charge is 0.507 e. The Balaban J connectivity index is 2.02. The second-order valence-electron chi connectivity index (χ2n) is 7.47. The average molecular weight is 453 g/mol. The van der Waals surface area contributed by atoms with Crippen LogP contribution in [-0.4, -0.2) is 23.9 Å². The summed E-state index contributed by atoms with van der Waals surface area (Å²) in [5.41, 5.74) is 0.615. The van der Waals surface area contributed by atoms with Crippen LogP contribution < -0.4 is 9.64 Å². The number of anilines is 1. The van der Waals surface area contributed by atoms with Gasteiger partial charge in [-0.25, -0.2) is 13.2 Å². The van der Waals surface area contributed by atoms with Crippen molar-refractivity contribution in [3.63, 3.8) is 0 Å². The highest BCUT2D eigenvalue weighted by Crippen LogP contribution is 2.44. The second-order valence-corrected chi connectivity index (χ2v) is 7.47. The van der Waals surface area contributed by atoms with E-state index in [1.807, 2.05) is 0 Å².